The summed E-state index contributed by atoms with van der Waals surface area (Å²) in [7, 11) is 1.57. The standard InChI is InChI=1S/C21H25ClN6O3/c1-12(9-31-10-13-3-6-17(30-2)15(23)7-13)25-21(29)28-11-24-19-16(26-14-4-5-14)8-18(22)27-20(19)28/h3,6-8,11-12,14H,4-5,9-10,23H2,1-2H3,(H,25,29)(H,26,27)/t12-/m1/s1. The second kappa shape index (κ2) is 8.99. The molecule has 0 aliphatic heterocycles. The van der Waals surface area contributed by atoms with Crippen LogP contribution in [0.2, 0.25) is 5.15 Å². The molecule has 0 saturated heterocycles. The number of amides is 1. The van der Waals surface area contributed by atoms with Gasteiger partial charge in [-0.15, -0.1) is 0 Å². The van der Waals surface area contributed by atoms with Gasteiger partial charge in [0, 0.05) is 12.1 Å². The summed E-state index contributed by atoms with van der Waals surface area (Å²) in [5, 5.41) is 6.58. The molecule has 0 spiro atoms. The Kier molecular flexibility index (Phi) is 6.15. The number of nitrogen functional groups attached to an aromatic ring is 1. The van der Waals surface area contributed by atoms with Crippen LogP contribution in [-0.4, -0.2) is 46.4 Å². The molecule has 3 aromatic rings. The van der Waals surface area contributed by atoms with Crippen LogP contribution in [-0.2, 0) is 11.3 Å². The number of nitrogens with zero attached hydrogens (tertiary/aromatic N) is 3. The zero-order valence-corrected chi connectivity index (χ0v) is 18.1. The number of methoxy groups -OCH3 is 1. The van der Waals surface area contributed by atoms with Crippen LogP contribution >= 0.6 is 11.6 Å². The summed E-state index contributed by atoms with van der Waals surface area (Å²) >= 11 is 6.16. The zero-order valence-electron chi connectivity index (χ0n) is 17.4. The molecule has 1 amide bonds. The van der Waals surface area contributed by atoms with Gasteiger partial charge >= 0.3 is 6.03 Å². The quantitative estimate of drug-likeness (QED) is 0.360. The Balaban J connectivity index is 1.36. The Morgan fingerprint density at radius 1 is 1.39 bits per heavy atom. The van der Waals surface area contributed by atoms with E-state index in [0.717, 1.165) is 24.1 Å². The number of benzene rings is 1. The first-order chi connectivity index (χ1) is 14.9. The molecule has 0 unspecified atom stereocenters. The summed E-state index contributed by atoms with van der Waals surface area (Å²) in [5.74, 6) is 0.626. The minimum absolute atomic E-state index is 0.233. The SMILES string of the molecule is COc1ccc(COC[C@@H](C)NC(=O)n2cnc3c(NC4CC4)cc(Cl)nc32)cc1N. The molecule has 2 heterocycles. The van der Waals surface area contributed by atoms with Crippen LogP contribution < -0.4 is 21.1 Å². The predicted octanol–water partition coefficient (Wildman–Crippen LogP) is 3.41. The molecule has 0 radical (unpaired) electrons. The molecular formula is C21H25ClN6O3. The number of nitrogens with two attached hydrogens (primary N) is 1. The number of halogens is 1. The topological polar surface area (TPSA) is 116 Å². The molecule has 10 heteroatoms. The lowest BCUT2D eigenvalue weighted by Crippen LogP contribution is -2.38. The fourth-order valence-electron chi connectivity index (χ4n) is 3.22. The van der Waals surface area contributed by atoms with Crippen LogP contribution in [0, 0.1) is 0 Å². The Morgan fingerprint density at radius 3 is 2.90 bits per heavy atom. The fourth-order valence-corrected chi connectivity index (χ4v) is 3.40. The summed E-state index contributed by atoms with van der Waals surface area (Å²) in [6.07, 6.45) is 3.68. The van der Waals surface area contributed by atoms with Crippen molar-refractivity contribution in [1.82, 2.24) is 19.9 Å². The highest BCUT2D eigenvalue weighted by molar-refractivity contribution is 6.30. The number of aromatic nitrogens is 3. The molecule has 4 rings (SSSR count). The van der Waals surface area contributed by atoms with Gasteiger partial charge in [-0.3, -0.25) is 0 Å². The van der Waals surface area contributed by atoms with Gasteiger partial charge in [0.15, 0.2) is 5.65 Å². The molecular weight excluding hydrogens is 420 g/mol. The van der Waals surface area contributed by atoms with Gasteiger partial charge in [-0.1, -0.05) is 17.7 Å². The van der Waals surface area contributed by atoms with Gasteiger partial charge < -0.3 is 25.8 Å². The summed E-state index contributed by atoms with van der Waals surface area (Å²) in [4.78, 5) is 21.4. The van der Waals surface area contributed by atoms with Gasteiger partial charge in [-0.05, 0) is 37.5 Å². The molecule has 1 saturated carbocycles. The highest BCUT2D eigenvalue weighted by atomic mass is 35.5. The molecule has 1 atom stereocenters. The lowest BCUT2D eigenvalue weighted by molar-refractivity contribution is 0.104. The van der Waals surface area contributed by atoms with Crippen molar-refractivity contribution in [2.45, 2.75) is 38.5 Å². The maximum Gasteiger partial charge on any atom is 0.328 e. The minimum Gasteiger partial charge on any atom is -0.495 e. The van der Waals surface area contributed by atoms with Crippen molar-refractivity contribution in [3.63, 3.8) is 0 Å². The maximum absolute atomic E-state index is 12.8. The largest absolute Gasteiger partial charge is 0.495 e. The normalized spacial score (nSPS) is 14.4. The van der Waals surface area contributed by atoms with Crippen molar-refractivity contribution in [3.05, 3.63) is 41.3 Å². The Labute approximate surface area is 184 Å². The first-order valence-corrected chi connectivity index (χ1v) is 10.4. The second-order valence-corrected chi connectivity index (χ2v) is 8.03. The zero-order chi connectivity index (χ0) is 22.0. The number of carbonyl (C=O) groups excluding carboxylic acids is 1. The average molecular weight is 445 g/mol. The molecule has 9 nitrogen and oxygen atoms in total. The van der Waals surface area contributed by atoms with Crippen molar-refractivity contribution >= 4 is 40.2 Å². The maximum atomic E-state index is 12.8. The number of fused-ring (bicyclic) bond motifs is 1. The molecule has 1 aliphatic carbocycles. The first kappa shape index (κ1) is 21.2. The van der Waals surface area contributed by atoms with Crippen molar-refractivity contribution in [2.75, 3.05) is 24.8 Å². The fraction of sp³-hybridized carbons (Fsp3) is 0.381. The van der Waals surface area contributed by atoms with Crippen molar-refractivity contribution in [1.29, 1.82) is 0 Å². The number of hydrogen-bond donors (Lipinski definition) is 3. The number of rotatable bonds is 8. The summed E-state index contributed by atoms with van der Waals surface area (Å²) in [5.41, 5.74) is 9.21. The van der Waals surface area contributed by atoms with Gasteiger partial charge in [-0.25, -0.2) is 19.3 Å². The van der Waals surface area contributed by atoms with E-state index >= 15 is 0 Å². The number of ether oxygens (including phenoxy) is 2. The van der Waals surface area contributed by atoms with E-state index in [1.165, 1.54) is 10.9 Å². The third kappa shape index (κ3) is 5.00. The van der Waals surface area contributed by atoms with Gasteiger partial charge in [0.25, 0.3) is 0 Å². The highest BCUT2D eigenvalue weighted by Gasteiger charge is 2.24. The smallest absolute Gasteiger partial charge is 0.328 e. The number of pyridine rings is 1. The van der Waals surface area contributed by atoms with E-state index in [4.69, 9.17) is 26.8 Å². The van der Waals surface area contributed by atoms with Crippen LogP contribution in [0.25, 0.3) is 11.2 Å². The van der Waals surface area contributed by atoms with Crippen LogP contribution in [0.3, 0.4) is 0 Å². The monoisotopic (exact) mass is 444 g/mol. The molecule has 4 N–H and O–H groups in total. The lowest BCUT2D eigenvalue weighted by atomic mass is 10.2. The van der Waals surface area contributed by atoms with E-state index in [-0.39, 0.29) is 12.1 Å². The minimum atomic E-state index is -0.348. The van der Waals surface area contributed by atoms with Crippen molar-refractivity contribution in [3.8, 4) is 5.75 Å². The molecule has 1 fully saturated rings. The van der Waals surface area contributed by atoms with Gasteiger partial charge in [0.2, 0.25) is 0 Å². The Bertz CT molecular complexity index is 1100. The van der Waals surface area contributed by atoms with Crippen molar-refractivity contribution < 1.29 is 14.3 Å². The third-order valence-corrected chi connectivity index (χ3v) is 5.12. The van der Waals surface area contributed by atoms with E-state index in [1.807, 2.05) is 19.1 Å². The van der Waals surface area contributed by atoms with E-state index in [1.54, 1.807) is 19.2 Å². The van der Waals surface area contributed by atoms with E-state index in [2.05, 4.69) is 20.6 Å². The molecule has 1 aromatic carbocycles. The average Bonchev–Trinajstić information content (AvgIpc) is 3.43. The third-order valence-electron chi connectivity index (χ3n) is 4.93. The van der Waals surface area contributed by atoms with Crippen molar-refractivity contribution in [2.24, 2.45) is 0 Å². The van der Waals surface area contributed by atoms with Gasteiger partial charge in [0.05, 0.1) is 37.7 Å². The van der Waals surface area contributed by atoms with Gasteiger partial charge in [-0.2, -0.15) is 0 Å². The van der Waals surface area contributed by atoms with Crippen LogP contribution in [0.15, 0.2) is 30.6 Å². The molecule has 0 bridgehead atoms. The van der Waals surface area contributed by atoms with Crippen LogP contribution in [0.1, 0.15) is 25.3 Å². The summed E-state index contributed by atoms with van der Waals surface area (Å²) < 4.78 is 12.2. The van der Waals surface area contributed by atoms with Crippen LogP contribution in [0.4, 0.5) is 16.2 Å². The van der Waals surface area contributed by atoms with E-state index in [0.29, 0.717) is 47.0 Å². The van der Waals surface area contributed by atoms with E-state index < -0.39 is 0 Å². The molecule has 2 aromatic heterocycles. The number of carbonyl (C=O) groups is 1. The number of hydrogen-bond acceptors (Lipinski definition) is 7. The predicted molar refractivity (Wildman–Crippen MR) is 120 cm³/mol. The molecule has 164 valence electrons. The number of imidazole rings is 1. The van der Waals surface area contributed by atoms with Gasteiger partial charge in [0.1, 0.15) is 22.7 Å². The molecule has 31 heavy (non-hydrogen) atoms. The van der Waals surface area contributed by atoms with Crippen LogP contribution in [0.5, 0.6) is 5.75 Å². The summed E-state index contributed by atoms with van der Waals surface area (Å²) in [6, 6.07) is 7.08. The second-order valence-electron chi connectivity index (χ2n) is 7.64. The summed E-state index contributed by atoms with van der Waals surface area (Å²) in [6.45, 7) is 2.56. The Hall–Kier alpha value is -3.04. The van der Waals surface area contributed by atoms with E-state index in [9.17, 15) is 4.79 Å². The lowest BCUT2D eigenvalue weighted by Gasteiger charge is -2.15. The molecule has 1 aliphatic rings. The number of anilines is 2. The number of nitrogens with one attached hydrogen (secondary N) is 2. The first-order valence-electron chi connectivity index (χ1n) is 10.1. The highest BCUT2D eigenvalue weighted by Crippen LogP contribution is 2.30. The Morgan fingerprint density at radius 2 is 2.19 bits per heavy atom.